The maximum absolute atomic E-state index is 11.9. The molecule has 1 heterocycles. The molecule has 0 aliphatic rings. The maximum Gasteiger partial charge on any atom is 0.408 e. The highest BCUT2D eigenvalue weighted by Gasteiger charge is 2.23. The molecule has 18 heavy (non-hydrogen) atoms. The average Bonchev–Trinajstić information content (AvgIpc) is 2.60. The van der Waals surface area contributed by atoms with Crippen LogP contribution in [0.1, 0.15) is 38.2 Å². The third-order valence-electron chi connectivity index (χ3n) is 1.98. The molecule has 0 aliphatic heterocycles. The van der Waals surface area contributed by atoms with E-state index in [4.69, 9.17) is 4.74 Å². The molecule has 1 atom stereocenters. The minimum absolute atomic E-state index is 0.209. The standard InChI is InChI=1S/C11H18N4O3/c1-7(12-10(17)18-11(2,3)4)9(16)8-6-15(5)14-13-8/h6-7H,1-5H3,(H,12,17). The normalized spacial score (nSPS) is 12.9. The molecule has 7 nitrogen and oxygen atoms in total. The quantitative estimate of drug-likeness (QED) is 0.810. The van der Waals surface area contributed by atoms with E-state index in [1.165, 1.54) is 10.9 Å². The molecule has 0 radical (unpaired) electrons. The summed E-state index contributed by atoms with van der Waals surface area (Å²) in [6.45, 7) is 6.83. The third-order valence-corrected chi connectivity index (χ3v) is 1.98. The number of aromatic nitrogens is 3. The molecule has 1 unspecified atom stereocenters. The topological polar surface area (TPSA) is 86.1 Å². The van der Waals surface area contributed by atoms with Crippen molar-refractivity contribution in [2.75, 3.05) is 0 Å². The fourth-order valence-corrected chi connectivity index (χ4v) is 1.23. The molecule has 1 aromatic rings. The molecular formula is C11H18N4O3. The molecule has 0 aliphatic carbocycles. The minimum atomic E-state index is -0.712. The SMILES string of the molecule is CC(NC(=O)OC(C)(C)C)C(=O)c1cn(C)nn1. The molecule has 1 N–H and O–H groups in total. The predicted octanol–water partition coefficient (Wildman–Crippen LogP) is 0.911. The second kappa shape index (κ2) is 5.16. The van der Waals surface area contributed by atoms with Gasteiger partial charge in [0.05, 0.1) is 12.2 Å². The summed E-state index contributed by atoms with van der Waals surface area (Å²) < 4.78 is 6.48. The van der Waals surface area contributed by atoms with E-state index in [-0.39, 0.29) is 11.5 Å². The van der Waals surface area contributed by atoms with Crippen molar-refractivity contribution < 1.29 is 14.3 Å². The van der Waals surface area contributed by atoms with E-state index < -0.39 is 17.7 Å². The largest absolute Gasteiger partial charge is 0.444 e. The Morgan fingerprint density at radius 2 is 2.06 bits per heavy atom. The number of carbonyl (C=O) groups is 2. The fourth-order valence-electron chi connectivity index (χ4n) is 1.23. The molecule has 0 fully saturated rings. The van der Waals surface area contributed by atoms with Crippen molar-refractivity contribution in [3.63, 3.8) is 0 Å². The molecule has 0 saturated heterocycles. The number of ether oxygens (including phenoxy) is 1. The van der Waals surface area contributed by atoms with Crippen molar-refractivity contribution in [3.05, 3.63) is 11.9 Å². The van der Waals surface area contributed by atoms with Gasteiger partial charge >= 0.3 is 6.09 Å². The highest BCUT2D eigenvalue weighted by molar-refractivity contribution is 5.99. The number of hydrogen-bond acceptors (Lipinski definition) is 5. The first kappa shape index (κ1) is 14.1. The third kappa shape index (κ3) is 4.15. The van der Waals surface area contributed by atoms with Gasteiger partial charge in [-0.25, -0.2) is 4.79 Å². The summed E-state index contributed by atoms with van der Waals surface area (Å²) in [7, 11) is 1.66. The zero-order chi connectivity index (χ0) is 13.9. The van der Waals surface area contributed by atoms with Crippen LogP contribution in [0.5, 0.6) is 0 Å². The smallest absolute Gasteiger partial charge is 0.408 e. The molecule has 7 heteroatoms. The first-order chi connectivity index (χ1) is 8.19. The number of ketones is 1. The number of nitrogens with one attached hydrogen (secondary N) is 1. The van der Waals surface area contributed by atoms with Gasteiger partial charge in [0.2, 0.25) is 5.78 Å². The van der Waals surface area contributed by atoms with Gasteiger partial charge in [-0.3, -0.25) is 9.48 Å². The molecule has 1 rings (SSSR count). The molecule has 100 valence electrons. The number of amides is 1. The molecule has 1 amide bonds. The number of carbonyl (C=O) groups excluding carboxylic acids is 2. The summed E-state index contributed by atoms with van der Waals surface area (Å²) in [6.07, 6.45) is 0.863. The summed E-state index contributed by atoms with van der Waals surface area (Å²) in [5.41, 5.74) is -0.389. The van der Waals surface area contributed by atoms with Gasteiger partial charge in [0.1, 0.15) is 5.60 Å². The zero-order valence-corrected chi connectivity index (χ0v) is 11.2. The van der Waals surface area contributed by atoms with Crippen LogP contribution in [0.4, 0.5) is 4.79 Å². The molecular weight excluding hydrogens is 236 g/mol. The second-order valence-corrected chi connectivity index (χ2v) is 5.01. The number of nitrogens with zero attached hydrogens (tertiary/aromatic N) is 3. The number of Topliss-reactive ketones (excluding diaryl/α,β-unsaturated/α-hetero) is 1. The first-order valence-corrected chi connectivity index (χ1v) is 5.59. The molecule has 0 aromatic carbocycles. The average molecular weight is 254 g/mol. The predicted molar refractivity (Wildman–Crippen MR) is 64.2 cm³/mol. The summed E-state index contributed by atoms with van der Waals surface area (Å²) in [4.78, 5) is 23.4. The maximum atomic E-state index is 11.9. The fraction of sp³-hybridized carbons (Fsp3) is 0.636. The van der Waals surface area contributed by atoms with Gasteiger partial charge in [-0.2, -0.15) is 0 Å². The molecule has 0 spiro atoms. The van der Waals surface area contributed by atoms with E-state index in [9.17, 15) is 9.59 Å². The minimum Gasteiger partial charge on any atom is -0.444 e. The highest BCUT2D eigenvalue weighted by atomic mass is 16.6. The number of rotatable bonds is 3. The number of hydrogen-bond donors (Lipinski definition) is 1. The van der Waals surface area contributed by atoms with Crippen LogP contribution in [0.3, 0.4) is 0 Å². The van der Waals surface area contributed by atoms with Crippen molar-refractivity contribution in [1.29, 1.82) is 0 Å². The monoisotopic (exact) mass is 254 g/mol. The van der Waals surface area contributed by atoms with E-state index in [1.807, 2.05) is 0 Å². The Bertz CT molecular complexity index is 447. The Labute approximate surface area is 105 Å². The Morgan fingerprint density at radius 1 is 1.44 bits per heavy atom. The Balaban J connectivity index is 2.58. The van der Waals surface area contributed by atoms with Crippen molar-refractivity contribution >= 4 is 11.9 Å². The Morgan fingerprint density at radius 3 is 2.50 bits per heavy atom. The van der Waals surface area contributed by atoms with E-state index in [1.54, 1.807) is 34.7 Å². The van der Waals surface area contributed by atoms with Gasteiger partial charge in [-0.15, -0.1) is 5.10 Å². The Kier molecular flexibility index (Phi) is 4.05. The lowest BCUT2D eigenvalue weighted by Crippen LogP contribution is -2.41. The van der Waals surface area contributed by atoms with Crippen LogP contribution in [0.25, 0.3) is 0 Å². The summed E-state index contributed by atoms with van der Waals surface area (Å²) in [6, 6.07) is -0.712. The summed E-state index contributed by atoms with van der Waals surface area (Å²) in [5.74, 6) is -0.311. The van der Waals surface area contributed by atoms with Crippen LogP contribution in [-0.2, 0) is 11.8 Å². The molecule has 0 saturated carbocycles. The van der Waals surface area contributed by atoms with Gasteiger partial charge in [-0.05, 0) is 27.7 Å². The number of aryl methyl sites for hydroxylation is 1. The van der Waals surface area contributed by atoms with Crippen molar-refractivity contribution in [2.24, 2.45) is 7.05 Å². The zero-order valence-electron chi connectivity index (χ0n) is 11.2. The second-order valence-electron chi connectivity index (χ2n) is 5.01. The molecule has 0 bridgehead atoms. The van der Waals surface area contributed by atoms with Gasteiger partial charge in [0.15, 0.2) is 5.69 Å². The Hall–Kier alpha value is -1.92. The highest BCUT2D eigenvalue weighted by Crippen LogP contribution is 2.07. The van der Waals surface area contributed by atoms with Crippen LogP contribution in [0.15, 0.2) is 6.20 Å². The van der Waals surface area contributed by atoms with Crippen LogP contribution in [-0.4, -0.2) is 38.5 Å². The van der Waals surface area contributed by atoms with Gasteiger partial charge in [-0.1, -0.05) is 5.21 Å². The van der Waals surface area contributed by atoms with Crippen molar-refractivity contribution in [2.45, 2.75) is 39.3 Å². The lowest BCUT2D eigenvalue weighted by atomic mass is 10.1. The van der Waals surface area contributed by atoms with E-state index in [0.29, 0.717) is 0 Å². The summed E-state index contributed by atoms with van der Waals surface area (Å²) in [5, 5.41) is 9.81. The van der Waals surface area contributed by atoms with Crippen LogP contribution in [0, 0.1) is 0 Å². The van der Waals surface area contributed by atoms with Crippen LogP contribution in [0.2, 0.25) is 0 Å². The van der Waals surface area contributed by atoms with Crippen LogP contribution >= 0.6 is 0 Å². The number of alkyl carbamates (subject to hydrolysis) is 1. The summed E-state index contributed by atoms with van der Waals surface area (Å²) >= 11 is 0. The van der Waals surface area contributed by atoms with E-state index in [0.717, 1.165) is 0 Å². The lowest BCUT2D eigenvalue weighted by molar-refractivity contribution is 0.0496. The van der Waals surface area contributed by atoms with Gasteiger partial charge in [0.25, 0.3) is 0 Å². The van der Waals surface area contributed by atoms with Crippen LogP contribution < -0.4 is 5.32 Å². The van der Waals surface area contributed by atoms with Gasteiger partial charge in [0, 0.05) is 7.05 Å². The van der Waals surface area contributed by atoms with E-state index in [2.05, 4.69) is 15.6 Å². The molecule has 1 aromatic heterocycles. The van der Waals surface area contributed by atoms with Gasteiger partial charge < -0.3 is 10.1 Å². The lowest BCUT2D eigenvalue weighted by Gasteiger charge is -2.21. The van der Waals surface area contributed by atoms with Crippen molar-refractivity contribution in [3.8, 4) is 0 Å². The first-order valence-electron chi connectivity index (χ1n) is 5.59. The van der Waals surface area contributed by atoms with E-state index >= 15 is 0 Å². The van der Waals surface area contributed by atoms with Crippen molar-refractivity contribution in [1.82, 2.24) is 20.3 Å².